The van der Waals surface area contributed by atoms with Gasteiger partial charge in [-0.25, -0.2) is 20.6 Å². The molecule has 3 aromatic rings. The number of amides is 2. The second kappa shape index (κ2) is 13.7. The fourth-order valence-corrected chi connectivity index (χ4v) is 5.02. The van der Waals surface area contributed by atoms with E-state index in [4.69, 9.17) is 26.0 Å². The number of methoxy groups -OCH3 is 2. The highest BCUT2D eigenvalue weighted by Gasteiger charge is 2.20. The molecule has 0 spiro atoms. The van der Waals surface area contributed by atoms with Crippen molar-refractivity contribution in [2.45, 2.75) is 39.2 Å². The van der Waals surface area contributed by atoms with Gasteiger partial charge in [-0.2, -0.15) is 4.98 Å². The standard InChI is InChI=1S/C30H44N10O3/c1-30(2,3)38-29(41)37-27-25(20-10-23(42-5)13-24(11-20)43-6)12-21-14-33-28(36-26(21)35-27)34-15-22(31)18-40(32)17-19-8-7-9-39(4)16-19/h10-14,18-19H,7-9,15-17,31-32H2,1-6H3,(H3,33,34,35,36,37,38,41)/b22-18-. The third-order valence-electron chi connectivity index (χ3n) is 6.92. The number of rotatable bonds is 10. The zero-order valence-electron chi connectivity index (χ0n) is 25.9. The zero-order chi connectivity index (χ0) is 31.1. The minimum absolute atomic E-state index is 0.296. The summed E-state index contributed by atoms with van der Waals surface area (Å²) in [5, 5.41) is 11.3. The number of hydrogen-bond donors (Lipinski definition) is 5. The number of urea groups is 1. The van der Waals surface area contributed by atoms with E-state index in [0.717, 1.165) is 31.6 Å². The number of carbonyl (C=O) groups is 1. The van der Waals surface area contributed by atoms with Crippen LogP contribution in [0.1, 0.15) is 33.6 Å². The van der Waals surface area contributed by atoms with Crippen molar-refractivity contribution in [3.05, 3.63) is 42.4 Å². The van der Waals surface area contributed by atoms with Crippen molar-refractivity contribution in [1.29, 1.82) is 0 Å². The molecule has 2 aromatic heterocycles. The first-order chi connectivity index (χ1) is 20.4. The number of nitrogens with two attached hydrogens (primary N) is 2. The van der Waals surface area contributed by atoms with Gasteiger partial charge >= 0.3 is 6.03 Å². The average molecular weight is 593 g/mol. The molecule has 7 N–H and O–H groups in total. The van der Waals surface area contributed by atoms with Crippen molar-refractivity contribution >= 4 is 28.8 Å². The van der Waals surface area contributed by atoms with Crippen LogP contribution in [0.2, 0.25) is 0 Å². The number of nitrogens with zero attached hydrogens (tertiary/aromatic N) is 5. The number of piperidine rings is 1. The maximum atomic E-state index is 12.9. The number of anilines is 2. The molecule has 43 heavy (non-hydrogen) atoms. The lowest BCUT2D eigenvalue weighted by atomic mass is 9.98. The topological polar surface area (TPSA) is 169 Å². The number of pyridine rings is 1. The second-order valence-electron chi connectivity index (χ2n) is 11.9. The summed E-state index contributed by atoms with van der Waals surface area (Å²) in [5.41, 5.74) is 8.14. The monoisotopic (exact) mass is 592 g/mol. The maximum Gasteiger partial charge on any atom is 0.320 e. The third kappa shape index (κ3) is 9.06. The quantitative estimate of drug-likeness (QED) is 0.173. The van der Waals surface area contributed by atoms with E-state index in [1.54, 1.807) is 37.7 Å². The Morgan fingerprint density at radius 1 is 1.16 bits per heavy atom. The molecule has 1 atom stereocenters. The first-order valence-corrected chi connectivity index (χ1v) is 14.3. The fourth-order valence-electron chi connectivity index (χ4n) is 5.02. The molecule has 232 valence electrons. The van der Waals surface area contributed by atoms with Crippen molar-refractivity contribution in [2.75, 3.05) is 58.1 Å². The smallest absolute Gasteiger partial charge is 0.320 e. The van der Waals surface area contributed by atoms with E-state index in [1.165, 1.54) is 6.42 Å². The molecule has 2 amide bonds. The highest BCUT2D eigenvalue weighted by molar-refractivity contribution is 5.96. The summed E-state index contributed by atoms with van der Waals surface area (Å²) >= 11 is 0. The number of likely N-dealkylation sites (tertiary alicyclic amines) is 1. The molecule has 0 radical (unpaired) electrons. The van der Waals surface area contributed by atoms with Crippen LogP contribution < -0.4 is 37.0 Å². The highest BCUT2D eigenvalue weighted by atomic mass is 16.5. The molecule has 0 aliphatic carbocycles. The summed E-state index contributed by atoms with van der Waals surface area (Å²) in [6.07, 6.45) is 5.75. The highest BCUT2D eigenvalue weighted by Crippen LogP contribution is 2.35. The number of nitrogens with one attached hydrogen (secondary N) is 3. The maximum absolute atomic E-state index is 12.9. The molecule has 0 saturated carbocycles. The summed E-state index contributed by atoms with van der Waals surface area (Å²) < 4.78 is 10.9. The van der Waals surface area contributed by atoms with Gasteiger partial charge in [0.2, 0.25) is 5.95 Å². The molecule has 13 heteroatoms. The average Bonchev–Trinajstić information content (AvgIpc) is 2.94. The van der Waals surface area contributed by atoms with Gasteiger partial charge in [-0.3, -0.25) is 5.32 Å². The Morgan fingerprint density at radius 3 is 2.53 bits per heavy atom. The molecule has 1 unspecified atom stereocenters. The van der Waals surface area contributed by atoms with Crippen molar-refractivity contribution in [2.24, 2.45) is 17.5 Å². The van der Waals surface area contributed by atoms with E-state index in [0.29, 0.717) is 58.0 Å². The van der Waals surface area contributed by atoms with Crippen LogP contribution >= 0.6 is 0 Å². The van der Waals surface area contributed by atoms with Gasteiger partial charge in [0.15, 0.2) is 5.65 Å². The molecule has 3 heterocycles. The van der Waals surface area contributed by atoms with E-state index in [2.05, 4.69) is 37.9 Å². The number of fused-ring (bicyclic) bond motifs is 1. The third-order valence-corrected chi connectivity index (χ3v) is 6.92. The van der Waals surface area contributed by atoms with Crippen LogP contribution in [-0.4, -0.2) is 83.9 Å². The normalized spacial score (nSPS) is 16.1. The van der Waals surface area contributed by atoms with Gasteiger partial charge in [-0.15, -0.1) is 0 Å². The molecule has 1 aliphatic heterocycles. The van der Waals surface area contributed by atoms with Crippen molar-refractivity contribution in [3.8, 4) is 22.6 Å². The molecule has 4 rings (SSSR count). The lowest BCUT2D eigenvalue weighted by Crippen LogP contribution is -2.43. The molecule has 13 nitrogen and oxygen atoms in total. The summed E-state index contributed by atoms with van der Waals surface area (Å²) in [5.74, 6) is 8.59. The van der Waals surface area contributed by atoms with Gasteiger partial charge in [0.05, 0.1) is 20.8 Å². The summed E-state index contributed by atoms with van der Waals surface area (Å²) in [6, 6.07) is 6.94. The first-order valence-electron chi connectivity index (χ1n) is 14.3. The van der Waals surface area contributed by atoms with Crippen molar-refractivity contribution < 1.29 is 14.3 Å². The van der Waals surface area contributed by atoms with E-state index in [1.807, 2.05) is 39.0 Å². The van der Waals surface area contributed by atoms with Gasteiger partial charge in [-0.05, 0) is 76.9 Å². The summed E-state index contributed by atoms with van der Waals surface area (Å²) in [7, 11) is 5.30. The van der Waals surface area contributed by atoms with E-state index < -0.39 is 11.6 Å². The van der Waals surface area contributed by atoms with Crippen LogP contribution in [0.25, 0.3) is 22.2 Å². The number of aromatic nitrogens is 3. The lowest BCUT2D eigenvalue weighted by molar-refractivity contribution is 0.176. The Bertz CT molecular complexity index is 1430. The summed E-state index contributed by atoms with van der Waals surface area (Å²) in [6.45, 7) is 8.89. The molecular weight excluding hydrogens is 548 g/mol. The van der Waals surface area contributed by atoms with E-state index >= 15 is 0 Å². The number of benzene rings is 1. The molecule has 0 bridgehead atoms. The van der Waals surface area contributed by atoms with Gasteiger partial charge in [0, 0.05) is 53.7 Å². The van der Waals surface area contributed by atoms with Crippen LogP contribution in [0.4, 0.5) is 16.6 Å². The molecular formula is C30H44N10O3. The Labute approximate surface area is 253 Å². The predicted octanol–water partition coefficient (Wildman–Crippen LogP) is 3.36. The number of ether oxygens (including phenoxy) is 2. The van der Waals surface area contributed by atoms with Crippen molar-refractivity contribution in [1.82, 2.24) is 30.2 Å². The van der Waals surface area contributed by atoms with Gasteiger partial charge < -0.3 is 35.7 Å². The predicted molar refractivity (Wildman–Crippen MR) is 170 cm³/mol. The Morgan fingerprint density at radius 2 is 1.88 bits per heavy atom. The van der Waals surface area contributed by atoms with E-state index in [-0.39, 0.29) is 0 Å². The molecule has 1 aromatic carbocycles. The van der Waals surface area contributed by atoms with E-state index in [9.17, 15) is 4.79 Å². The van der Waals surface area contributed by atoms with Crippen LogP contribution in [0.3, 0.4) is 0 Å². The number of carbonyl (C=O) groups excluding carboxylic acids is 1. The van der Waals surface area contributed by atoms with Crippen LogP contribution in [0, 0.1) is 5.92 Å². The Hall–Kier alpha value is -4.36. The molecule has 1 fully saturated rings. The largest absolute Gasteiger partial charge is 0.497 e. The van der Waals surface area contributed by atoms with Crippen LogP contribution in [0.5, 0.6) is 11.5 Å². The SMILES string of the molecule is COc1cc(OC)cc(-c2cc3cnc(NC/C(N)=C/N(N)CC4CCCN(C)C4)nc3nc2NC(=O)NC(C)(C)C)c1. The Kier molecular flexibility index (Phi) is 10.1. The van der Waals surface area contributed by atoms with Crippen LogP contribution in [0.15, 0.2) is 42.4 Å². The van der Waals surface area contributed by atoms with Crippen LogP contribution in [-0.2, 0) is 0 Å². The fraction of sp³-hybridized carbons (Fsp3) is 0.467. The number of hydrazine groups is 1. The number of hydrogen-bond acceptors (Lipinski definition) is 11. The lowest BCUT2D eigenvalue weighted by Gasteiger charge is -2.31. The van der Waals surface area contributed by atoms with Gasteiger partial charge in [0.25, 0.3) is 0 Å². The molecule has 1 saturated heterocycles. The second-order valence-corrected chi connectivity index (χ2v) is 11.9. The first kappa shape index (κ1) is 31.6. The van der Waals surface area contributed by atoms with Gasteiger partial charge in [-0.1, -0.05) is 0 Å². The van der Waals surface area contributed by atoms with Gasteiger partial charge in [0.1, 0.15) is 17.3 Å². The van der Waals surface area contributed by atoms with Crippen molar-refractivity contribution in [3.63, 3.8) is 0 Å². The zero-order valence-corrected chi connectivity index (χ0v) is 25.9. The minimum atomic E-state index is -0.446. The minimum Gasteiger partial charge on any atom is -0.497 e. The Balaban J connectivity index is 1.57. The summed E-state index contributed by atoms with van der Waals surface area (Å²) in [4.78, 5) is 29.0. The molecule has 1 aliphatic rings.